The molecule has 0 aliphatic carbocycles. The molecule has 176 valence electrons. The Morgan fingerprint density at radius 1 is 1.09 bits per heavy atom. The van der Waals surface area contributed by atoms with Crippen LogP contribution in [0.3, 0.4) is 0 Å². The number of carbonyl (C=O) groups excluding carboxylic acids is 2. The first kappa shape index (κ1) is 23.3. The van der Waals surface area contributed by atoms with Gasteiger partial charge in [-0.05, 0) is 39.2 Å². The van der Waals surface area contributed by atoms with E-state index < -0.39 is 17.7 Å². The van der Waals surface area contributed by atoms with Crippen molar-refractivity contribution in [3.63, 3.8) is 0 Å². The predicted molar refractivity (Wildman–Crippen MR) is 129 cm³/mol. The second-order valence-corrected chi connectivity index (χ2v) is 8.43. The van der Waals surface area contributed by atoms with Gasteiger partial charge in [-0.3, -0.25) is 9.59 Å². The largest absolute Gasteiger partial charge is 0.507 e. The summed E-state index contributed by atoms with van der Waals surface area (Å²) in [6.07, 6.45) is 1.52. The number of likely N-dealkylation sites (tertiary alicyclic amines) is 1. The molecule has 1 aliphatic rings. The second kappa shape index (κ2) is 9.52. The molecule has 2 heterocycles. The molecule has 0 radical (unpaired) electrons. The van der Waals surface area contributed by atoms with E-state index >= 15 is 0 Å². The number of ether oxygens (including phenoxy) is 1. The van der Waals surface area contributed by atoms with Crippen LogP contribution in [0.1, 0.15) is 22.9 Å². The Morgan fingerprint density at radius 3 is 2.44 bits per heavy atom. The summed E-state index contributed by atoms with van der Waals surface area (Å²) in [5.74, 6) is -1.08. The van der Waals surface area contributed by atoms with Crippen molar-refractivity contribution in [3.8, 4) is 11.4 Å². The van der Waals surface area contributed by atoms with E-state index in [2.05, 4.69) is 5.10 Å². The highest BCUT2D eigenvalue weighted by atomic mass is 16.5. The van der Waals surface area contributed by atoms with Crippen LogP contribution in [0.15, 0.2) is 66.4 Å². The van der Waals surface area contributed by atoms with Crippen molar-refractivity contribution >= 4 is 17.4 Å². The summed E-state index contributed by atoms with van der Waals surface area (Å²) in [5.41, 5.74) is 2.55. The fourth-order valence-electron chi connectivity index (χ4n) is 4.25. The normalized spacial score (nSPS) is 17.6. The van der Waals surface area contributed by atoms with Crippen LogP contribution < -0.4 is 4.74 Å². The molecule has 2 aromatic carbocycles. The van der Waals surface area contributed by atoms with Crippen LogP contribution in [0.4, 0.5) is 0 Å². The van der Waals surface area contributed by atoms with Crippen molar-refractivity contribution in [3.05, 3.63) is 83.2 Å². The number of likely N-dealkylation sites (N-methyl/N-ethyl adjacent to an activating group) is 1. The van der Waals surface area contributed by atoms with Gasteiger partial charge < -0.3 is 19.6 Å². The Labute approximate surface area is 198 Å². The van der Waals surface area contributed by atoms with Crippen molar-refractivity contribution in [2.75, 3.05) is 34.3 Å². The summed E-state index contributed by atoms with van der Waals surface area (Å²) in [6, 6.07) is 16.0. The van der Waals surface area contributed by atoms with E-state index in [0.29, 0.717) is 35.7 Å². The average Bonchev–Trinajstić information content (AvgIpc) is 3.35. The van der Waals surface area contributed by atoms with Crippen molar-refractivity contribution in [1.29, 1.82) is 0 Å². The number of nitrogens with zero attached hydrogens (tertiary/aromatic N) is 4. The zero-order valence-electron chi connectivity index (χ0n) is 19.7. The van der Waals surface area contributed by atoms with E-state index in [4.69, 9.17) is 4.74 Å². The summed E-state index contributed by atoms with van der Waals surface area (Å²) in [6.45, 7) is 2.69. The SMILES string of the molecule is COc1ccccc1[C@H]1/C(=C(\O)c2cnn(-c3ccccc3)c2C)C(=O)C(=O)N1CCN(C)C. The summed E-state index contributed by atoms with van der Waals surface area (Å²) in [4.78, 5) is 29.8. The number of Topliss-reactive ketones (excluding diaryl/α,β-unsaturated/α-hetero) is 1. The topological polar surface area (TPSA) is 87.9 Å². The van der Waals surface area contributed by atoms with E-state index in [1.54, 1.807) is 17.9 Å². The minimum Gasteiger partial charge on any atom is -0.507 e. The fraction of sp³-hybridized carbons (Fsp3) is 0.269. The molecule has 1 aliphatic heterocycles. The Balaban J connectivity index is 1.88. The zero-order valence-corrected chi connectivity index (χ0v) is 19.7. The quantitative estimate of drug-likeness (QED) is 0.331. The highest BCUT2D eigenvalue weighted by Crippen LogP contribution is 2.42. The highest BCUT2D eigenvalue weighted by Gasteiger charge is 2.47. The minimum atomic E-state index is -0.782. The molecule has 34 heavy (non-hydrogen) atoms. The Morgan fingerprint density at radius 2 is 1.76 bits per heavy atom. The fourth-order valence-corrected chi connectivity index (χ4v) is 4.25. The predicted octanol–water partition coefficient (Wildman–Crippen LogP) is 3.17. The molecule has 8 nitrogen and oxygen atoms in total. The lowest BCUT2D eigenvalue weighted by molar-refractivity contribution is -0.140. The van der Waals surface area contributed by atoms with Crippen molar-refractivity contribution in [1.82, 2.24) is 19.6 Å². The number of ketones is 1. The smallest absolute Gasteiger partial charge is 0.295 e. The number of carbonyl (C=O) groups is 2. The van der Waals surface area contributed by atoms with Crippen LogP contribution in [0, 0.1) is 6.92 Å². The number of aliphatic hydroxyl groups excluding tert-OH is 1. The van der Waals surface area contributed by atoms with Gasteiger partial charge in [0.2, 0.25) is 0 Å². The molecule has 0 spiro atoms. The molecule has 3 aromatic rings. The summed E-state index contributed by atoms with van der Waals surface area (Å²) >= 11 is 0. The van der Waals surface area contributed by atoms with Gasteiger partial charge in [0.15, 0.2) is 0 Å². The third-order valence-electron chi connectivity index (χ3n) is 6.03. The number of hydrogen-bond donors (Lipinski definition) is 1. The summed E-state index contributed by atoms with van der Waals surface area (Å²) in [7, 11) is 5.34. The summed E-state index contributed by atoms with van der Waals surface area (Å²) < 4.78 is 7.23. The zero-order chi connectivity index (χ0) is 24.4. The monoisotopic (exact) mass is 460 g/mol. The number of methoxy groups -OCH3 is 1. The maximum atomic E-state index is 13.3. The lowest BCUT2D eigenvalue weighted by Crippen LogP contribution is -2.35. The molecule has 1 atom stereocenters. The molecule has 0 bridgehead atoms. The molecule has 0 saturated carbocycles. The number of hydrogen-bond acceptors (Lipinski definition) is 6. The first-order valence-corrected chi connectivity index (χ1v) is 11.0. The first-order chi connectivity index (χ1) is 16.3. The number of rotatable bonds is 7. The van der Waals surface area contributed by atoms with E-state index in [1.807, 2.05) is 74.4 Å². The molecular weight excluding hydrogens is 432 g/mol. The van der Waals surface area contributed by atoms with E-state index in [1.165, 1.54) is 11.1 Å². The number of benzene rings is 2. The number of para-hydroxylation sites is 2. The number of amides is 1. The van der Waals surface area contributed by atoms with Crippen LogP contribution in [-0.4, -0.2) is 70.7 Å². The Bertz CT molecular complexity index is 1250. The molecule has 1 amide bonds. The van der Waals surface area contributed by atoms with Gasteiger partial charge in [0.1, 0.15) is 11.5 Å². The van der Waals surface area contributed by atoms with Gasteiger partial charge in [-0.25, -0.2) is 4.68 Å². The molecule has 1 fully saturated rings. The average molecular weight is 461 g/mol. The second-order valence-electron chi connectivity index (χ2n) is 8.43. The molecule has 0 unspecified atom stereocenters. The van der Waals surface area contributed by atoms with E-state index in [9.17, 15) is 14.7 Å². The van der Waals surface area contributed by atoms with Crippen LogP contribution in [0.25, 0.3) is 11.4 Å². The number of aromatic nitrogens is 2. The highest BCUT2D eigenvalue weighted by molar-refractivity contribution is 6.46. The van der Waals surface area contributed by atoms with Gasteiger partial charge in [0.05, 0.1) is 41.9 Å². The van der Waals surface area contributed by atoms with Crippen molar-refractivity contribution in [2.45, 2.75) is 13.0 Å². The third kappa shape index (κ3) is 4.08. The Hall–Kier alpha value is -3.91. The van der Waals surface area contributed by atoms with E-state index in [-0.39, 0.29) is 11.3 Å². The van der Waals surface area contributed by atoms with Gasteiger partial charge >= 0.3 is 0 Å². The standard InChI is InChI=1S/C26H28N4O4/c1-17-20(16-27-30(17)18-10-6-5-7-11-18)24(31)22-23(19-12-8-9-13-21(19)34-4)29(15-14-28(2)3)26(33)25(22)32/h5-13,16,23,31H,14-15H2,1-4H3/b24-22+/t23-/m0/s1. The first-order valence-electron chi connectivity index (χ1n) is 11.0. The van der Waals surface area contributed by atoms with Crippen LogP contribution >= 0.6 is 0 Å². The van der Waals surface area contributed by atoms with Gasteiger partial charge in [-0.2, -0.15) is 5.10 Å². The lowest BCUT2D eigenvalue weighted by atomic mass is 9.94. The van der Waals surface area contributed by atoms with Crippen molar-refractivity contribution < 1.29 is 19.4 Å². The molecule has 1 N–H and O–H groups in total. The van der Waals surface area contributed by atoms with Crippen molar-refractivity contribution in [2.24, 2.45) is 0 Å². The number of aliphatic hydroxyl groups is 1. The van der Waals surface area contributed by atoms with Crippen LogP contribution in [-0.2, 0) is 9.59 Å². The third-order valence-corrected chi connectivity index (χ3v) is 6.03. The molecule has 8 heteroatoms. The maximum Gasteiger partial charge on any atom is 0.295 e. The van der Waals surface area contributed by atoms with Gasteiger partial charge in [0.25, 0.3) is 11.7 Å². The van der Waals surface area contributed by atoms with E-state index in [0.717, 1.165) is 5.69 Å². The van der Waals surface area contributed by atoms with Gasteiger partial charge in [-0.15, -0.1) is 0 Å². The summed E-state index contributed by atoms with van der Waals surface area (Å²) in [5, 5.41) is 15.8. The van der Waals surface area contributed by atoms with Gasteiger partial charge in [-0.1, -0.05) is 36.4 Å². The maximum absolute atomic E-state index is 13.3. The molecule has 1 saturated heterocycles. The van der Waals surface area contributed by atoms with Crippen LogP contribution in [0.2, 0.25) is 0 Å². The minimum absolute atomic E-state index is 0.0315. The molecule has 4 rings (SSSR count). The van der Waals surface area contributed by atoms with Gasteiger partial charge in [0, 0.05) is 18.7 Å². The molecular formula is C26H28N4O4. The Kier molecular flexibility index (Phi) is 6.51. The molecule has 1 aromatic heterocycles. The lowest BCUT2D eigenvalue weighted by Gasteiger charge is -2.27. The van der Waals surface area contributed by atoms with Crippen LogP contribution in [0.5, 0.6) is 5.75 Å².